The van der Waals surface area contributed by atoms with Crippen molar-refractivity contribution in [3.63, 3.8) is 0 Å². The summed E-state index contributed by atoms with van der Waals surface area (Å²) in [6, 6.07) is 4.43. The Balaban J connectivity index is 2.17. The predicted octanol–water partition coefficient (Wildman–Crippen LogP) is 3.32. The minimum Gasteiger partial charge on any atom is -0.386 e. The highest BCUT2D eigenvalue weighted by Crippen LogP contribution is 2.25. The molecule has 0 radical (unpaired) electrons. The smallest absolute Gasteiger partial charge is 0.123 e. The van der Waals surface area contributed by atoms with E-state index in [0.29, 0.717) is 11.4 Å². The Kier molecular flexibility index (Phi) is 3.68. The first-order chi connectivity index (χ1) is 7.66. The lowest BCUT2D eigenvalue weighted by Crippen LogP contribution is -2.02. The number of halogens is 2. The number of rotatable bonds is 3. The Labute approximate surface area is 105 Å². The molecule has 0 aliphatic heterocycles. The summed E-state index contributed by atoms with van der Waals surface area (Å²) in [4.78, 5) is 4.02. The van der Waals surface area contributed by atoms with Crippen LogP contribution in [0.5, 0.6) is 0 Å². The molecule has 0 aliphatic carbocycles. The molecule has 1 aromatic carbocycles. The van der Waals surface area contributed by atoms with Crippen molar-refractivity contribution >= 4 is 27.3 Å². The Morgan fingerprint density at radius 1 is 1.50 bits per heavy atom. The van der Waals surface area contributed by atoms with E-state index in [9.17, 15) is 9.50 Å². The van der Waals surface area contributed by atoms with Crippen molar-refractivity contribution in [2.45, 2.75) is 12.5 Å². The molecule has 1 aromatic heterocycles. The third kappa shape index (κ3) is 2.66. The average molecular weight is 302 g/mol. The normalized spacial score (nSPS) is 12.7. The highest BCUT2D eigenvalue weighted by Gasteiger charge is 2.13. The second-order valence-electron chi connectivity index (χ2n) is 3.33. The molecule has 1 unspecified atom stereocenters. The first-order valence-electron chi connectivity index (χ1n) is 4.68. The Hall–Kier alpha value is -0.780. The molecule has 5 heteroatoms. The second kappa shape index (κ2) is 5.03. The van der Waals surface area contributed by atoms with E-state index in [-0.39, 0.29) is 5.82 Å². The molecule has 1 N–H and O–H groups in total. The molecule has 0 saturated carbocycles. The molecule has 16 heavy (non-hydrogen) atoms. The maximum absolute atomic E-state index is 13.0. The maximum Gasteiger partial charge on any atom is 0.123 e. The van der Waals surface area contributed by atoms with Crippen molar-refractivity contribution in [2.24, 2.45) is 0 Å². The zero-order valence-corrected chi connectivity index (χ0v) is 10.6. The molecule has 2 nitrogen and oxygen atoms in total. The third-order valence-corrected chi connectivity index (χ3v) is 3.81. The van der Waals surface area contributed by atoms with Gasteiger partial charge in [0.05, 0.1) is 0 Å². The number of nitrogens with zero attached hydrogens (tertiary/aromatic N) is 1. The van der Waals surface area contributed by atoms with Crippen LogP contribution in [0, 0.1) is 5.82 Å². The molecule has 0 amide bonds. The van der Waals surface area contributed by atoms with Crippen LogP contribution in [-0.2, 0) is 6.42 Å². The van der Waals surface area contributed by atoms with Crippen LogP contribution < -0.4 is 0 Å². The van der Waals surface area contributed by atoms with Crippen LogP contribution in [0.2, 0.25) is 0 Å². The van der Waals surface area contributed by atoms with Gasteiger partial charge in [-0.3, -0.25) is 0 Å². The van der Waals surface area contributed by atoms with Gasteiger partial charge in [0, 0.05) is 22.5 Å². The third-order valence-electron chi connectivity index (χ3n) is 2.16. The number of aliphatic hydroxyl groups excluding tert-OH is 1. The van der Waals surface area contributed by atoms with Gasteiger partial charge in [-0.2, -0.15) is 0 Å². The topological polar surface area (TPSA) is 33.1 Å². The molecular weight excluding hydrogens is 293 g/mol. The van der Waals surface area contributed by atoms with E-state index >= 15 is 0 Å². The molecule has 0 fully saturated rings. The van der Waals surface area contributed by atoms with Crippen molar-refractivity contribution in [2.75, 3.05) is 0 Å². The largest absolute Gasteiger partial charge is 0.386 e. The van der Waals surface area contributed by atoms with Crippen LogP contribution in [0.25, 0.3) is 0 Å². The number of thiazole rings is 1. The number of benzene rings is 1. The van der Waals surface area contributed by atoms with E-state index in [4.69, 9.17) is 0 Å². The summed E-state index contributed by atoms with van der Waals surface area (Å²) >= 11 is 4.72. The molecule has 84 valence electrons. The van der Waals surface area contributed by atoms with Gasteiger partial charge in [0.15, 0.2) is 0 Å². The lowest BCUT2D eigenvalue weighted by Gasteiger charge is -2.09. The van der Waals surface area contributed by atoms with E-state index in [1.807, 2.05) is 0 Å². The van der Waals surface area contributed by atoms with E-state index in [1.54, 1.807) is 17.6 Å². The molecule has 2 rings (SSSR count). The highest BCUT2D eigenvalue weighted by molar-refractivity contribution is 9.10. The molecule has 2 aromatic rings. The minimum absolute atomic E-state index is 0.301. The van der Waals surface area contributed by atoms with Gasteiger partial charge < -0.3 is 5.11 Å². The minimum atomic E-state index is -0.682. The van der Waals surface area contributed by atoms with Crippen LogP contribution >= 0.6 is 27.3 Å². The first-order valence-corrected chi connectivity index (χ1v) is 6.35. The number of hydrogen-bond acceptors (Lipinski definition) is 3. The summed E-state index contributed by atoms with van der Waals surface area (Å²) in [5.41, 5.74) is 0.739. The van der Waals surface area contributed by atoms with Crippen molar-refractivity contribution in [3.8, 4) is 0 Å². The second-order valence-corrected chi connectivity index (χ2v) is 5.11. The van der Waals surface area contributed by atoms with Gasteiger partial charge in [0.2, 0.25) is 0 Å². The molecule has 0 aliphatic rings. The maximum atomic E-state index is 13.0. The fraction of sp³-hybridized carbons (Fsp3) is 0.182. The summed E-state index contributed by atoms with van der Waals surface area (Å²) < 4.78 is 13.8. The van der Waals surface area contributed by atoms with E-state index in [2.05, 4.69) is 20.9 Å². The fourth-order valence-corrected chi connectivity index (χ4v) is 2.43. The van der Waals surface area contributed by atoms with Gasteiger partial charge in [-0.15, -0.1) is 11.3 Å². The van der Waals surface area contributed by atoms with Crippen LogP contribution in [0.15, 0.2) is 34.2 Å². The number of aliphatic hydroxyl groups is 1. The van der Waals surface area contributed by atoms with Crippen molar-refractivity contribution in [1.82, 2.24) is 4.98 Å². The molecule has 0 saturated heterocycles. The van der Waals surface area contributed by atoms with Crippen molar-refractivity contribution < 1.29 is 9.50 Å². The summed E-state index contributed by atoms with van der Waals surface area (Å²) in [6.45, 7) is 0. The highest BCUT2D eigenvalue weighted by atomic mass is 79.9. The van der Waals surface area contributed by atoms with Gasteiger partial charge in [-0.05, 0) is 23.8 Å². The molecule has 0 spiro atoms. The predicted molar refractivity (Wildman–Crippen MR) is 64.9 cm³/mol. The zero-order chi connectivity index (χ0) is 11.5. The van der Waals surface area contributed by atoms with Crippen LogP contribution in [-0.4, -0.2) is 10.1 Å². The lowest BCUT2D eigenvalue weighted by molar-refractivity contribution is 0.177. The van der Waals surface area contributed by atoms with Gasteiger partial charge in [-0.25, -0.2) is 9.37 Å². The van der Waals surface area contributed by atoms with Gasteiger partial charge >= 0.3 is 0 Å². The zero-order valence-electron chi connectivity index (χ0n) is 8.23. The van der Waals surface area contributed by atoms with Crippen molar-refractivity contribution in [3.05, 3.63) is 50.6 Å². The van der Waals surface area contributed by atoms with Gasteiger partial charge in [0.25, 0.3) is 0 Å². The van der Waals surface area contributed by atoms with Gasteiger partial charge in [-0.1, -0.05) is 15.9 Å². The van der Waals surface area contributed by atoms with Crippen LogP contribution in [0.4, 0.5) is 4.39 Å². The van der Waals surface area contributed by atoms with E-state index < -0.39 is 6.10 Å². The quantitative estimate of drug-likeness (QED) is 0.943. The van der Waals surface area contributed by atoms with Crippen LogP contribution in [0.1, 0.15) is 16.7 Å². The fourth-order valence-electron chi connectivity index (χ4n) is 1.39. The SMILES string of the molecule is OC(Cc1cc(F)ccc1Br)c1nccs1. The first kappa shape index (κ1) is 11.7. The molecular formula is C11H9BrFNOS. The van der Waals surface area contributed by atoms with E-state index in [1.165, 1.54) is 23.5 Å². The standard InChI is InChI=1S/C11H9BrFNOS/c12-9-2-1-8(13)5-7(9)6-10(15)11-14-3-4-16-11/h1-5,10,15H,6H2. The number of aromatic nitrogens is 1. The molecule has 0 bridgehead atoms. The summed E-state index contributed by atoms with van der Waals surface area (Å²) in [7, 11) is 0. The van der Waals surface area contributed by atoms with Crippen molar-refractivity contribution in [1.29, 1.82) is 0 Å². The molecule has 1 heterocycles. The van der Waals surface area contributed by atoms with Gasteiger partial charge in [0.1, 0.15) is 16.9 Å². The van der Waals surface area contributed by atoms with Crippen LogP contribution in [0.3, 0.4) is 0 Å². The Morgan fingerprint density at radius 2 is 2.31 bits per heavy atom. The lowest BCUT2D eigenvalue weighted by atomic mass is 10.1. The summed E-state index contributed by atoms with van der Waals surface area (Å²) in [5, 5.41) is 12.3. The summed E-state index contributed by atoms with van der Waals surface area (Å²) in [6.07, 6.45) is 1.31. The summed E-state index contributed by atoms with van der Waals surface area (Å²) in [5.74, 6) is -0.301. The number of hydrogen-bond donors (Lipinski definition) is 1. The Morgan fingerprint density at radius 3 is 3.00 bits per heavy atom. The van der Waals surface area contributed by atoms with E-state index in [0.717, 1.165) is 10.0 Å². The average Bonchev–Trinajstić information content (AvgIpc) is 2.76. The molecule has 1 atom stereocenters. The monoisotopic (exact) mass is 301 g/mol. The Bertz CT molecular complexity index is 475.